The van der Waals surface area contributed by atoms with Gasteiger partial charge in [-0.2, -0.15) is 9.35 Å². The van der Waals surface area contributed by atoms with Gasteiger partial charge in [0, 0.05) is 6.26 Å². The van der Waals surface area contributed by atoms with Crippen LogP contribution < -0.4 is 154 Å². The van der Waals surface area contributed by atoms with Crippen LogP contribution in [0.5, 0.6) is 0 Å². The fourth-order valence-corrected chi connectivity index (χ4v) is 1.87. The molecule has 3 unspecified atom stereocenters. The summed E-state index contributed by atoms with van der Waals surface area (Å²) in [5, 5.41) is 0.572. The Balaban J connectivity index is -0.000000240. The molecule has 0 spiro atoms. The van der Waals surface area contributed by atoms with E-state index in [0.717, 1.165) is 6.26 Å². The Morgan fingerprint density at radius 3 is 1.50 bits per heavy atom. The van der Waals surface area contributed by atoms with E-state index in [2.05, 4.69) is 4.28 Å². The van der Waals surface area contributed by atoms with Crippen LogP contribution in [-0.2, 0) is 37.5 Å². The Hall–Kier alpha value is 5.20. The smallest absolute Gasteiger partial charge is 0.771 e. The summed E-state index contributed by atoms with van der Waals surface area (Å²) in [6.07, 6.45) is 1.15. The predicted molar refractivity (Wildman–Crippen MR) is 44.6 cm³/mol. The van der Waals surface area contributed by atoms with Gasteiger partial charge in [0.1, 0.15) is 0 Å². The molecule has 0 saturated carbocycles. The van der Waals surface area contributed by atoms with Gasteiger partial charge < -0.3 is 9.11 Å². The number of rotatable bonds is 6. The maximum absolute atomic E-state index is 10.5. The summed E-state index contributed by atoms with van der Waals surface area (Å²) in [5.41, 5.74) is 0. The summed E-state index contributed by atoms with van der Waals surface area (Å²) >= 11 is -6.72. The van der Waals surface area contributed by atoms with Crippen molar-refractivity contribution < 1.29 is 180 Å². The summed E-state index contributed by atoms with van der Waals surface area (Å²) in [5.74, 6) is -1.29. The van der Waals surface area contributed by atoms with Crippen LogP contribution in [-0.4, -0.2) is 44.8 Å². The van der Waals surface area contributed by atoms with E-state index in [1.54, 1.807) is 0 Å². The van der Waals surface area contributed by atoms with Gasteiger partial charge in [-0.15, -0.1) is 0 Å². The maximum Gasteiger partial charge on any atom is 1.00 e. The molecule has 0 aliphatic carbocycles. The van der Waals surface area contributed by atoms with Crippen molar-refractivity contribution in [2.24, 2.45) is 0 Å². The topological polar surface area (TPSA) is 110 Å². The third kappa shape index (κ3) is 21.5. The normalized spacial score (nSPS) is 15.0. The molecule has 80 valence electrons. The third-order valence-corrected chi connectivity index (χ3v) is 2.13. The molecule has 0 heterocycles. The van der Waals surface area contributed by atoms with Crippen LogP contribution in [0.25, 0.3) is 0 Å². The molecular formula is C3H7K3NO6S3+. The monoisotopic (exact) mass is 366 g/mol. The van der Waals surface area contributed by atoms with Crippen LogP contribution in [0.15, 0.2) is 0 Å². The first-order chi connectivity index (χ1) is 5.91. The average molecular weight is 367 g/mol. The molecule has 13 heteroatoms. The van der Waals surface area contributed by atoms with Crippen molar-refractivity contribution in [3.8, 4) is 0 Å². The van der Waals surface area contributed by atoms with Crippen molar-refractivity contribution in [3.63, 3.8) is 0 Å². The zero-order valence-electron chi connectivity index (χ0n) is 9.54. The minimum atomic E-state index is -2.49. The number of hydrogen-bond donors (Lipinski definition) is 0. The van der Waals surface area contributed by atoms with Gasteiger partial charge in [0.25, 0.3) is 0 Å². The van der Waals surface area contributed by atoms with Gasteiger partial charge in [0.05, 0.1) is 11.8 Å². The van der Waals surface area contributed by atoms with E-state index in [1.807, 2.05) is 0 Å². The molecule has 0 fully saturated rings. The molecule has 0 rings (SSSR count). The number of hydrogen-bond acceptors (Lipinski definition) is 7. The van der Waals surface area contributed by atoms with Crippen molar-refractivity contribution in [1.29, 1.82) is 0 Å². The quantitative estimate of drug-likeness (QED) is 0.261. The van der Waals surface area contributed by atoms with E-state index < -0.39 is 45.0 Å². The zero-order chi connectivity index (χ0) is 10.4. The van der Waals surface area contributed by atoms with E-state index in [9.17, 15) is 21.7 Å². The van der Waals surface area contributed by atoms with Crippen LogP contribution in [0.1, 0.15) is 0 Å². The molecule has 0 bridgehead atoms. The largest absolute Gasteiger partial charge is 1.00 e. The fourth-order valence-electron chi connectivity index (χ4n) is 0.464. The van der Waals surface area contributed by atoms with Crippen LogP contribution in [0.4, 0.5) is 0 Å². The molecule has 0 aromatic rings. The van der Waals surface area contributed by atoms with E-state index in [1.165, 1.54) is 0 Å². The predicted octanol–water partition coefficient (Wildman–Crippen LogP) is -10.8. The van der Waals surface area contributed by atoms with Crippen molar-refractivity contribution in [2.45, 2.75) is 0 Å². The van der Waals surface area contributed by atoms with Gasteiger partial charge in [0.15, 0.2) is 11.1 Å². The first kappa shape index (κ1) is 29.2. The van der Waals surface area contributed by atoms with Gasteiger partial charge in [-0.05, 0) is 22.2 Å². The van der Waals surface area contributed by atoms with E-state index in [4.69, 9.17) is 0 Å². The third-order valence-electron chi connectivity index (χ3n) is 0.709. The second-order valence-electron chi connectivity index (χ2n) is 1.82. The van der Waals surface area contributed by atoms with Crippen molar-refractivity contribution >= 4 is 33.2 Å². The first-order valence-corrected chi connectivity index (χ1v) is 6.77. The summed E-state index contributed by atoms with van der Waals surface area (Å²) in [4.78, 5) is 0. The summed E-state index contributed by atoms with van der Waals surface area (Å²) in [6, 6.07) is 0. The second kappa shape index (κ2) is 18.2. The van der Waals surface area contributed by atoms with Crippen LogP contribution >= 0.6 is 0 Å². The van der Waals surface area contributed by atoms with Crippen LogP contribution in [0.2, 0.25) is 0 Å². The summed E-state index contributed by atoms with van der Waals surface area (Å²) < 4.78 is 55.5. The molecule has 0 amide bonds. The minimum Gasteiger partial charge on any atom is -0.771 e. The zero-order valence-corrected chi connectivity index (χ0v) is 21.4. The minimum absolute atomic E-state index is 0. The maximum atomic E-state index is 10.5. The van der Waals surface area contributed by atoms with Gasteiger partial charge >= 0.3 is 154 Å². The molecule has 3 atom stereocenters. The number of hydroxylamine groups is 2. The molecule has 0 N–H and O–H groups in total. The standard InChI is InChI=1S/C3H9NO6S3.3K/c1-11(5)10-4(2-12(6)7)3-13(8)9;;;/h2-3H2,1H3,(H,6,7)(H,8,9);;;/q;3*+1/p-2. The average Bonchev–Trinajstić information content (AvgIpc) is 1.80. The SMILES string of the molecule is CS(=O)ON(CS(=O)[O-])CS(=O)[O-].[K+].[K+].[K+]. The van der Waals surface area contributed by atoms with Crippen molar-refractivity contribution in [2.75, 3.05) is 18.0 Å². The molecule has 0 aromatic heterocycles. The van der Waals surface area contributed by atoms with Crippen molar-refractivity contribution in [3.05, 3.63) is 0 Å². The van der Waals surface area contributed by atoms with Gasteiger partial charge in [-0.1, -0.05) is 0 Å². The molecule has 16 heavy (non-hydrogen) atoms. The van der Waals surface area contributed by atoms with Crippen molar-refractivity contribution in [1.82, 2.24) is 5.06 Å². The van der Waals surface area contributed by atoms with Crippen LogP contribution in [0.3, 0.4) is 0 Å². The molecular weight excluding hydrogens is 360 g/mol. The van der Waals surface area contributed by atoms with E-state index >= 15 is 0 Å². The van der Waals surface area contributed by atoms with Gasteiger partial charge in [0.2, 0.25) is 0 Å². The molecule has 0 aliphatic rings. The summed E-state index contributed by atoms with van der Waals surface area (Å²) in [7, 11) is 0. The fraction of sp³-hybridized carbons (Fsp3) is 1.00. The van der Waals surface area contributed by atoms with E-state index in [-0.39, 0.29) is 154 Å². The Kier molecular flexibility index (Phi) is 33.3. The molecule has 7 nitrogen and oxygen atoms in total. The number of nitrogens with zero attached hydrogens (tertiary/aromatic N) is 1. The van der Waals surface area contributed by atoms with Crippen LogP contribution in [0, 0.1) is 0 Å². The Bertz CT molecular complexity index is 204. The Labute approximate surface area is 229 Å². The molecule has 0 saturated heterocycles. The Morgan fingerprint density at radius 2 is 1.31 bits per heavy atom. The van der Waals surface area contributed by atoms with E-state index in [0.29, 0.717) is 5.06 Å². The molecule has 0 radical (unpaired) electrons. The summed E-state index contributed by atoms with van der Waals surface area (Å²) in [6.45, 7) is 0. The first-order valence-electron chi connectivity index (χ1n) is 2.80. The molecule has 0 aromatic carbocycles. The van der Waals surface area contributed by atoms with Gasteiger partial charge in [-0.25, -0.2) is 4.21 Å². The Morgan fingerprint density at radius 1 is 1.00 bits per heavy atom. The second-order valence-corrected chi connectivity index (χ2v) is 4.51. The molecule has 0 aliphatic heterocycles. The van der Waals surface area contributed by atoms with Gasteiger partial charge in [-0.3, -0.25) is 8.42 Å².